The van der Waals surface area contributed by atoms with Gasteiger partial charge < -0.3 is 10.5 Å². The average molecular weight is 363 g/mol. The summed E-state index contributed by atoms with van der Waals surface area (Å²) in [6.07, 6.45) is 0.623. The molecule has 1 aliphatic heterocycles. The first-order valence-electron chi connectivity index (χ1n) is 6.54. The van der Waals surface area contributed by atoms with E-state index in [1.54, 1.807) is 12.1 Å². The second-order valence-electron chi connectivity index (χ2n) is 4.96. The minimum Gasteiger partial charge on any atom is -0.398 e. The highest BCUT2D eigenvalue weighted by Crippen LogP contribution is 2.28. The number of nitrogens with two attached hydrogens (primary N) is 1. The fraction of sp³-hybridized carbons (Fsp3) is 0.538. The molecule has 20 heavy (non-hydrogen) atoms. The summed E-state index contributed by atoms with van der Waals surface area (Å²) >= 11 is 3.27. The minimum atomic E-state index is -3.54. The van der Waals surface area contributed by atoms with Crippen LogP contribution in [0.15, 0.2) is 27.6 Å². The zero-order chi connectivity index (χ0) is 14.9. The lowest BCUT2D eigenvalue weighted by molar-refractivity contribution is -0.0230. The number of hydrogen-bond donors (Lipinski definition) is 1. The van der Waals surface area contributed by atoms with Gasteiger partial charge in [-0.15, -0.1) is 0 Å². The van der Waals surface area contributed by atoms with Crippen LogP contribution in [0.1, 0.15) is 20.3 Å². The zero-order valence-electron chi connectivity index (χ0n) is 11.5. The molecule has 1 fully saturated rings. The highest BCUT2D eigenvalue weighted by atomic mass is 79.9. The Labute approximate surface area is 128 Å². The SMILES string of the molecule is CCC1COC(C)CN1S(=O)(=O)c1ccc(Br)c(N)c1. The first-order valence-corrected chi connectivity index (χ1v) is 8.78. The van der Waals surface area contributed by atoms with E-state index < -0.39 is 10.0 Å². The number of sulfonamides is 1. The maximum Gasteiger partial charge on any atom is 0.243 e. The standard InChI is InChI=1S/C13H19BrN2O3S/c1-3-10-8-19-9(2)7-16(10)20(17,18)11-4-5-12(14)13(15)6-11/h4-6,9-10H,3,7-8,15H2,1-2H3. The van der Waals surface area contributed by atoms with Crippen molar-refractivity contribution < 1.29 is 13.2 Å². The molecule has 0 spiro atoms. The third-order valence-electron chi connectivity index (χ3n) is 3.46. The van der Waals surface area contributed by atoms with Crippen molar-refractivity contribution in [3.05, 3.63) is 22.7 Å². The molecule has 2 rings (SSSR count). The summed E-state index contributed by atoms with van der Waals surface area (Å²) in [5.74, 6) is 0. The predicted octanol–water partition coefficient (Wildman–Crippen LogP) is 2.22. The molecule has 1 saturated heterocycles. The molecule has 2 N–H and O–H groups in total. The molecule has 5 nitrogen and oxygen atoms in total. The molecule has 0 saturated carbocycles. The second kappa shape index (κ2) is 6.01. The summed E-state index contributed by atoms with van der Waals surface area (Å²) in [5.41, 5.74) is 6.20. The molecular formula is C13H19BrN2O3S. The molecule has 0 bridgehead atoms. The monoisotopic (exact) mass is 362 g/mol. The molecule has 2 atom stereocenters. The van der Waals surface area contributed by atoms with E-state index in [-0.39, 0.29) is 17.0 Å². The molecule has 1 aromatic carbocycles. The normalized spacial score (nSPS) is 24.8. The maximum atomic E-state index is 12.8. The lowest BCUT2D eigenvalue weighted by Gasteiger charge is -2.37. The van der Waals surface area contributed by atoms with Crippen LogP contribution in [-0.4, -0.2) is 38.0 Å². The molecule has 0 radical (unpaired) electrons. The Morgan fingerprint density at radius 2 is 2.20 bits per heavy atom. The van der Waals surface area contributed by atoms with Crippen LogP contribution < -0.4 is 5.73 Å². The van der Waals surface area contributed by atoms with Gasteiger partial charge in [-0.05, 0) is 47.5 Å². The number of benzene rings is 1. The number of morpholine rings is 1. The minimum absolute atomic E-state index is 0.0969. The Bertz CT molecular complexity index is 591. The molecule has 1 aliphatic rings. The van der Waals surface area contributed by atoms with E-state index in [9.17, 15) is 8.42 Å². The van der Waals surface area contributed by atoms with Crippen molar-refractivity contribution in [2.75, 3.05) is 18.9 Å². The Morgan fingerprint density at radius 3 is 2.80 bits per heavy atom. The van der Waals surface area contributed by atoms with Crippen molar-refractivity contribution in [2.45, 2.75) is 37.3 Å². The van der Waals surface area contributed by atoms with Crippen molar-refractivity contribution in [3.8, 4) is 0 Å². The van der Waals surface area contributed by atoms with Gasteiger partial charge in [-0.25, -0.2) is 8.42 Å². The lowest BCUT2D eigenvalue weighted by atomic mass is 10.2. The Kier molecular flexibility index (Phi) is 4.73. The molecule has 7 heteroatoms. The highest BCUT2D eigenvalue weighted by molar-refractivity contribution is 9.10. The number of anilines is 1. The molecule has 0 amide bonds. The molecule has 1 aromatic rings. The van der Waals surface area contributed by atoms with E-state index in [4.69, 9.17) is 10.5 Å². The summed E-state index contributed by atoms with van der Waals surface area (Å²) in [6.45, 7) is 4.65. The van der Waals surface area contributed by atoms with Gasteiger partial charge in [0.15, 0.2) is 0 Å². The van der Waals surface area contributed by atoms with Crippen LogP contribution in [0.25, 0.3) is 0 Å². The molecule has 0 aliphatic carbocycles. The summed E-state index contributed by atoms with van der Waals surface area (Å²) in [4.78, 5) is 0.228. The van der Waals surface area contributed by atoms with Crippen molar-refractivity contribution in [1.29, 1.82) is 0 Å². The van der Waals surface area contributed by atoms with Crippen molar-refractivity contribution in [3.63, 3.8) is 0 Å². The number of halogens is 1. The third-order valence-corrected chi connectivity index (χ3v) is 6.10. The smallest absolute Gasteiger partial charge is 0.243 e. The second-order valence-corrected chi connectivity index (χ2v) is 7.71. The van der Waals surface area contributed by atoms with Gasteiger partial charge in [0.05, 0.1) is 17.6 Å². The summed E-state index contributed by atoms with van der Waals surface area (Å²) in [7, 11) is -3.54. The van der Waals surface area contributed by atoms with Gasteiger partial charge in [-0.3, -0.25) is 0 Å². The number of rotatable bonds is 3. The van der Waals surface area contributed by atoms with Gasteiger partial charge in [0.25, 0.3) is 0 Å². The van der Waals surface area contributed by atoms with Gasteiger partial charge in [0.2, 0.25) is 10.0 Å². The molecule has 1 heterocycles. The molecule has 2 unspecified atom stereocenters. The van der Waals surface area contributed by atoms with Gasteiger partial charge >= 0.3 is 0 Å². The number of nitrogens with zero attached hydrogens (tertiary/aromatic N) is 1. The average Bonchev–Trinajstić information content (AvgIpc) is 2.41. The van der Waals surface area contributed by atoms with Gasteiger partial charge in [0, 0.05) is 22.7 Å². The maximum absolute atomic E-state index is 12.8. The Hall–Kier alpha value is -0.630. The van der Waals surface area contributed by atoms with E-state index in [2.05, 4.69) is 15.9 Å². The van der Waals surface area contributed by atoms with E-state index in [0.717, 1.165) is 6.42 Å². The van der Waals surface area contributed by atoms with Crippen LogP contribution in [0.4, 0.5) is 5.69 Å². The molecular weight excluding hydrogens is 344 g/mol. The van der Waals surface area contributed by atoms with Crippen LogP contribution in [0.5, 0.6) is 0 Å². The van der Waals surface area contributed by atoms with Crippen LogP contribution >= 0.6 is 15.9 Å². The molecule has 0 aromatic heterocycles. The lowest BCUT2D eigenvalue weighted by Crippen LogP contribution is -2.51. The number of ether oxygens (including phenoxy) is 1. The van der Waals surface area contributed by atoms with Gasteiger partial charge in [0.1, 0.15) is 0 Å². The summed E-state index contributed by atoms with van der Waals surface area (Å²) in [6, 6.07) is 4.60. The summed E-state index contributed by atoms with van der Waals surface area (Å²) in [5, 5.41) is 0. The van der Waals surface area contributed by atoms with Crippen molar-refractivity contribution in [1.82, 2.24) is 4.31 Å². The predicted molar refractivity (Wildman–Crippen MR) is 81.9 cm³/mol. The van der Waals surface area contributed by atoms with E-state index >= 15 is 0 Å². The third kappa shape index (κ3) is 3.00. The van der Waals surface area contributed by atoms with Crippen LogP contribution in [-0.2, 0) is 14.8 Å². The van der Waals surface area contributed by atoms with Crippen LogP contribution in [0.3, 0.4) is 0 Å². The molecule has 112 valence electrons. The van der Waals surface area contributed by atoms with Crippen LogP contribution in [0, 0.1) is 0 Å². The zero-order valence-corrected chi connectivity index (χ0v) is 13.9. The Morgan fingerprint density at radius 1 is 1.50 bits per heavy atom. The van der Waals surface area contributed by atoms with E-state index in [1.165, 1.54) is 10.4 Å². The van der Waals surface area contributed by atoms with Gasteiger partial charge in [-0.2, -0.15) is 4.31 Å². The first kappa shape index (κ1) is 15.8. The number of hydrogen-bond acceptors (Lipinski definition) is 4. The number of nitrogen functional groups attached to an aromatic ring is 1. The van der Waals surface area contributed by atoms with E-state index in [0.29, 0.717) is 23.3 Å². The van der Waals surface area contributed by atoms with Crippen LogP contribution in [0.2, 0.25) is 0 Å². The quantitative estimate of drug-likeness (QED) is 0.836. The Balaban J connectivity index is 2.39. The van der Waals surface area contributed by atoms with Crippen molar-refractivity contribution in [2.24, 2.45) is 0 Å². The van der Waals surface area contributed by atoms with E-state index in [1.807, 2.05) is 13.8 Å². The highest BCUT2D eigenvalue weighted by Gasteiger charge is 2.35. The largest absolute Gasteiger partial charge is 0.398 e. The fourth-order valence-corrected chi connectivity index (χ4v) is 4.29. The first-order chi connectivity index (χ1) is 9.36. The van der Waals surface area contributed by atoms with Crippen molar-refractivity contribution >= 4 is 31.6 Å². The van der Waals surface area contributed by atoms with Gasteiger partial charge in [-0.1, -0.05) is 6.92 Å². The summed E-state index contributed by atoms with van der Waals surface area (Å²) < 4.78 is 33.3. The fourth-order valence-electron chi connectivity index (χ4n) is 2.25. The topological polar surface area (TPSA) is 72.6 Å².